The predicted octanol–water partition coefficient (Wildman–Crippen LogP) is 1.62. The van der Waals surface area contributed by atoms with Crippen molar-refractivity contribution in [3.8, 4) is 0 Å². The van der Waals surface area contributed by atoms with Crippen molar-refractivity contribution in [2.24, 2.45) is 0 Å². The molecular weight excluding hydrogens is 311 g/mol. The molecule has 1 aliphatic heterocycles. The number of anilines is 1. The Morgan fingerprint density at radius 2 is 2.25 bits per heavy atom. The van der Waals surface area contributed by atoms with Gasteiger partial charge in [0.05, 0.1) is 17.4 Å². The van der Waals surface area contributed by atoms with E-state index in [-0.39, 0.29) is 23.3 Å². The summed E-state index contributed by atoms with van der Waals surface area (Å²) in [5.74, 6) is -0.600. The summed E-state index contributed by atoms with van der Waals surface area (Å²) in [6.07, 6.45) is 2.98. The molecule has 1 fully saturated rings. The fourth-order valence-corrected chi connectivity index (χ4v) is 2.95. The van der Waals surface area contributed by atoms with Crippen molar-refractivity contribution in [1.29, 1.82) is 0 Å². The number of nitrogens with zero attached hydrogens (tertiary/aromatic N) is 2. The second-order valence-electron chi connectivity index (χ2n) is 6.05. The SMILES string of the molecule is Cc1ccc(F)c(N2CCCC(NC(=O)c3cn[nH]c(=O)c3)C2)c1. The highest BCUT2D eigenvalue weighted by molar-refractivity contribution is 5.93. The topological polar surface area (TPSA) is 78.1 Å². The van der Waals surface area contributed by atoms with Crippen LogP contribution in [0.25, 0.3) is 0 Å². The fourth-order valence-electron chi connectivity index (χ4n) is 2.95. The van der Waals surface area contributed by atoms with Gasteiger partial charge < -0.3 is 10.2 Å². The van der Waals surface area contributed by atoms with E-state index in [4.69, 9.17) is 0 Å². The van der Waals surface area contributed by atoms with Crippen LogP contribution < -0.4 is 15.8 Å². The molecule has 3 rings (SSSR count). The molecule has 2 heterocycles. The van der Waals surface area contributed by atoms with Gasteiger partial charge in [0.2, 0.25) is 0 Å². The van der Waals surface area contributed by atoms with Crippen LogP contribution in [0.3, 0.4) is 0 Å². The Labute approximate surface area is 138 Å². The predicted molar refractivity (Wildman–Crippen MR) is 88.7 cm³/mol. The van der Waals surface area contributed by atoms with E-state index in [2.05, 4.69) is 15.5 Å². The first-order valence-electron chi connectivity index (χ1n) is 7.89. The molecule has 2 aromatic rings. The van der Waals surface area contributed by atoms with Crippen molar-refractivity contribution >= 4 is 11.6 Å². The normalized spacial score (nSPS) is 17.6. The van der Waals surface area contributed by atoms with Crippen LogP contribution in [0.4, 0.5) is 10.1 Å². The van der Waals surface area contributed by atoms with Crippen molar-refractivity contribution in [3.63, 3.8) is 0 Å². The molecule has 1 aliphatic rings. The maximum absolute atomic E-state index is 14.1. The number of carbonyl (C=O) groups is 1. The van der Waals surface area contributed by atoms with E-state index in [0.717, 1.165) is 24.9 Å². The smallest absolute Gasteiger partial charge is 0.264 e. The van der Waals surface area contributed by atoms with Gasteiger partial charge in [0, 0.05) is 25.2 Å². The number of aromatic nitrogens is 2. The zero-order valence-corrected chi connectivity index (χ0v) is 13.4. The Morgan fingerprint density at radius 3 is 3.04 bits per heavy atom. The van der Waals surface area contributed by atoms with Crippen LogP contribution in [0.1, 0.15) is 28.8 Å². The molecule has 24 heavy (non-hydrogen) atoms. The molecule has 0 radical (unpaired) electrons. The molecule has 6 nitrogen and oxygen atoms in total. The third kappa shape index (κ3) is 3.61. The van der Waals surface area contributed by atoms with E-state index < -0.39 is 5.56 Å². The summed E-state index contributed by atoms with van der Waals surface area (Å²) in [5.41, 5.74) is 1.35. The summed E-state index contributed by atoms with van der Waals surface area (Å²) in [5, 5.41) is 8.76. The quantitative estimate of drug-likeness (QED) is 0.896. The Bertz CT molecular complexity index is 805. The van der Waals surface area contributed by atoms with Crippen LogP contribution in [0.5, 0.6) is 0 Å². The Balaban J connectivity index is 1.70. The van der Waals surface area contributed by atoms with Crippen LogP contribution >= 0.6 is 0 Å². The molecule has 0 bridgehead atoms. The van der Waals surface area contributed by atoms with Crippen molar-refractivity contribution in [2.75, 3.05) is 18.0 Å². The van der Waals surface area contributed by atoms with Gasteiger partial charge in [-0.3, -0.25) is 9.59 Å². The second kappa shape index (κ2) is 6.82. The second-order valence-corrected chi connectivity index (χ2v) is 6.05. The number of nitrogens with one attached hydrogen (secondary N) is 2. The highest BCUT2D eigenvalue weighted by Crippen LogP contribution is 2.24. The number of piperidine rings is 1. The summed E-state index contributed by atoms with van der Waals surface area (Å²) in [6, 6.07) is 6.13. The average Bonchev–Trinajstić information content (AvgIpc) is 2.57. The summed E-state index contributed by atoms with van der Waals surface area (Å²) in [7, 11) is 0. The maximum atomic E-state index is 14.1. The maximum Gasteiger partial charge on any atom is 0.264 e. The van der Waals surface area contributed by atoms with Gasteiger partial charge in [0.1, 0.15) is 5.82 Å². The summed E-state index contributed by atoms with van der Waals surface area (Å²) >= 11 is 0. The van der Waals surface area contributed by atoms with Crippen molar-refractivity contribution in [2.45, 2.75) is 25.8 Å². The molecule has 2 N–H and O–H groups in total. The zero-order chi connectivity index (χ0) is 17.1. The lowest BCUT2D eigenvalue weighted by Gasteiger charge is -2.35. The third-order valence-electron chi connectivity index (χ3n) is 4.13. The van der Waals surface area contributed by atoms with E-state index in [1.165, 1.54) is 18.3 Å². The molecule has 7 heteroatoms. The van der Waals surface area contributed by atoms with E-state index in [0.29, 0.717) is 12.2 Å². The molecule has 126 valence electrons. The average molecular weight is 330 g/mol. The van der Waals surface area contributed by atoms with Crippen LogP contribution in [0.15, 0.2) is 35.3 Å². The first-order chi connectivity index (χ1) is 11.5. The molecular formula is C17H19FN4O2. The third-order valence-corrected chi connectivity index (χ3v) is 4.13. The number of rotatable bonds is 3. The first kappa shape index (κ1) is 16.2. The van der Waals surface area contributed by atoms with Gasteiger partial charge in [-0.05, 0) is 37.5 Å². The molecule has 1 unspecified atom stereocenters. The number of carbonyl (C=O) groups excluding carboxylic acids is 1. The fraction of sp³-hybridized carbons (Fsp3) is 0.353. The van der Waals surface area contributed by atoms with Gasteiger partial charge in [0.25, 0.3) is 11.5 Å². The standard InChI is InChI=1S/C17H19FN4O2/c1-11-4-5-14(18)15(7-11)22-6-2-3-13(10-22)20-17(24)12-8-16(23)21-19-9-12/h4-5,7-9,13H,2-3,6,10H2,1H3,(H,20,24)(H,21,23). The highest BCUT2D eigenvalue weighted by Gasteiger charge is 2.24. The van der Waals surface area contributed by atoms with Crippen LogP contribution in [-0.2, 0) is 0 Å². The van der Waals surface area contributed by atoms with Crippen LogP contribution in [0.2, 0.25) is 0 Å². The number of aromatic amines is 1. The molecule has 1 aromatic heterocycles. The molecule has 0 saturated carbocycles. The van der Waals surface area contributed by atoms with E-state index in [1.807, 2.05) is 17.9 Å². The molecule has 1 saturated heterocycles. The lowest BCUT2D eigenvalue weighted by molar-refractivity contribution is 0.0932. The van der Waals surface area contributed by atoms with E-state index in [9.17, 15) is 14.0 Å². The molecule has 0 aliphatic carbocycles. The summed E-state index contributed by atoms with van der Waals surface area (Å²) in [6.45, 7) is 3.20. The molecule has 0 spiro atoms. The largest absolute Gasteiger partial charge is 0.367 e. The monoisotopic (exact) mass is 330 g/mol. The molecule has 1 amide bonds. The van der Waals surface area contributed by atoms with Crippen LogP contribution in [-0.4, -0.2) is 35.2 Å². The lowest BCUT2D eigenvalue weighted by atomic mass is 10.0. The summed E-state index contributed by atoms with van der Waals surface area (Å²) in [4.78, 5) is 25.4. The van der Waals surface area contributed by atoms with Gasteiger partial charge in [-0.1, -0.05) is 6.07 Å². The van der Waals surface area contributed by atoms with Gasteiger partial charge in [-0.15, -0.1) is 0 Å². The lowest BCUT2D eigenvalue weighted by Crippen LogP contribution is -2.48. The minimum atomic E-state index is -0.422. The first-order valence-corrected chi connectivity index (χ1v) is 7.89. The Morgan fingerprint density at radius 1 is 1.42 bits per heavy atom. The Kier molecular flexibility index (Phi) is 4.59. The number of H-pyrrole nitrogens is 1. The number of hydrogen-bond donors (Lipinski definition) is 2. The number of benzene rings is 1. The zero-order valence-electron chi connectivity index (χ0n) is 13.4. The van der Waals surface area contributed by atoms with Gasteiger partial charge in [0.15, 0.2) is 0 Å². The number of amides is 1. The van der Waals surface area contributed by atoms with Crippen molar-refractivity contribution < 1.29 is 9.18 Å². The van der Waals surface area contributed by atoms with E-state index >= 15 is 0 Å². The van der Waals surface area contributed by atoms with Gasteiger partial charge in [-0.2, -0.15) is 5.10 Å². The van der Waals surface area contributed by atoms with Crippen LogP contribution in [0, 0.1) is 12.7 Å². The number of aryl methyl sites for hydroxylation is 1. The Hall–Kier alpha value is -2.70. The summed E-state index contributed by atoms with van der Waals surface area (Å²) < 4.78 is 14.1. The van der Waals surface area contributed by atoms with E-state index in [1.54, 1.807) is 6.07 Å². The minimum Gasteiger partial charge on any atom is -0.367 e. The number of halogens is 1. The highest BCUT2D eigenvalue weighted by atomic mass is 19.1. The van der Waals surface area contributed by atoms with Gasteiger partial charge >= 0.3 is 0 Å². The van der Waals surface area contributed by atoms with Crippen molar-refractivity contribution in [3.05, 3.63) is 57.8 Å². The van der Waals surface area contributed by atoms with Crippen molar-refractivity contribution in [1.82, 2.24) is 15.5 Å². The molecule has 1 aromatic carbocycles. The number of hydrogen-bond acceptors (Lipinski definition) is 4. The molecule has 1 atom stereocenters. The minimum absolute atomic E-state index is 0.106. The van der Waals surface area contributed by atoms with Gasteiger partial charge in [-0.25, -0.2) is 9.49 Å².